The number of carbonyl (C=O) groups excluding carboxylic acids is 1. The molecule has 1 unspecified atom stereocenters. The molecule has 1 rings (SSSR count). The third-order valence-corrected chi connectivity index (χ3v) is 2.85. The summed E-state index contributed by atoms with van der Waals surface area (Å²) in [5.74, 6) is -0.841. The fraction of sp³-hybridized carbons (Fsp3) is 0.462. The van der Waals surface area contributed by atoms with Crippen LogP contribution >= 0.6 is 0 Å². The first kappa shape index (κ1) is 15.5. The van der Waals surface area contributed by atoms with Gasteiger partial charge in [0.05, 0.1) is 5.56 Å². The Morgan fingerprint density at radius 2 is 2.05 bits per heavy atom. The van der Waals surface area contributed by atoms with Crippen molar-refractivity contribution in [3.05, 3.63) is 29.3 Å². The molecular formula is C13H16F3NO2. The lowest BCUT2D eigenvalue weighted by Gasteiger charge is -2.14. The first-order valence-electron chi connectivity index (χ1n) is 5.77. The molecule has 6 heteroatoms. The van der Waals surface area contributed by atoms with Crippen molar-refractivity contribution in [3.63, 3.8) is 0 Å². The number of carbonyl (C=O) groups is 1. The van der Waals surface area contributed by atoms with Crippen LogP contribution in [0.4, 0.5) is 18.9 Å². The van der Waals surface area contributed by atoms with Crippen molar-refractivity contribution < 1.29 is 22.7 Å². The zero-order chi connectivity index (χ0) is 14.6. The predicted octanol–water partition coefficient (Wildman–Crippen LogP) is 3.14. The Labute approximate surface area is 109 Å². The number of ketones is 1. The minimum atomic E-state index is -4.49. The van der Waals surface area contributed by atoms with Crippen LogP contribution in [0.25, 0.3) is 0 Å². The van der Waals surface area contributed by atoms with Crippen molar-refractivity contribution in [2.24, 2.45) is 5.92 Å². The summed E-state index contributed by atoms with van der Waals surface area (Å²) in [5.41, 5.74) is 4.68. The molecule has 1 aromatic rings. The highest BCUT2D eigenvalue weighted by atomic mass is 19.4. The van der Waals surface area contributed by atoms with Crippen LogP contribution in [0.3, 0.4) is 0 Å². The Balaban J connectivity index is 3.02. The second-order valence-electron chi connectivity index (χ2n) is 4.35. The number of nitrogens with two attached hydrogens (primary N) is 1. The first-order chi connectivity index (χ1) is 8.77. The van der Waals surface area contributed by atoms with Gasteiger partial charge in [0.15, 0.2) is 5.78 Å². The standard InChI is InChI=1S/C13H16F3NO2/c1-8(5-6-19-2)12(18)10-7-9(13(14,15)16)3-4-11(10)17/h3-4,7-8H,5-6,17H2,1-2H3. The van der Waals surface area contributed by atoms with E-state index in [-0.39, 0.29) is 11.3 Å². The largest absolute Gasteiger partial charge is 0.416 e. The minimum Gasteiger partial charge on any atom is -0.398 e. The molecule has 2 N–H and O–H groups in total. The second kappa shape index (κ2) is 6.06. The Morgan fingerprint density at radius 1 is 1.42 bits per heavy atom. The predicted molar refractivity (Wildman–Crippen MR) is 65.8 cm³/mol. The summed E-state index contributed by atoms with van der Waals surface area (Å²) in [6, 6.07) is 2.78. The number of Topliss-reactive ketones (excluding diaryl/α,β-unsaturated/α-hetero) is 1. The van der Waals surface area contributed by atoms with Gasteiger partial charge in [-0.2, -0.15) is 13.2 Å². The fourth-order valence-corrected chi connectivity index (χ4v) is 1.64. The molecule has 0 bridgehead atoms. The summed E-state index contributed by atoms with van der Waals surface area (Å²) in [5, 5.41) is 0. The van der Waals surface area contributed by atoms with Gasteiger partial charge in [-0.1, -0.05) is 6.92 Å². The summed E-state index contributed by atoms with van der Waals surface area (Å²) >= 11 is 0. The first-order valence-corrected chi connectivity index (χ1v) is 5.77. The molecule has 1 atom stereocenters. The molecule has 0 aromatic heterocycles. The number of anilines is 1. The van der Waals surface area contributed by atoms with Gasteiger partial charge in [-0.05, 0) is 24.6 Å². The monoisotopic (exact) mass is 275 g/mol. The SMILES string of the molecule is COCCC(C)C(=O)c1cc(C(F)(F)F)ccc1N. The zero-order valence-corrected chi connectivity index (χ0v) is 10.8. The Morgan fingerprint density at radius 3 is 2.58 bits per heavy atom. The molecule has 0 amide bonds. The van der Waals surface area contributed by atoms with Crippen LogP contribution in [0.15, 0.2) is 18.2 Å². The van der Waals surface area contributed by atoms with E-state index >= 15 is 0 Å². The van der Waals surface area contributed by atoms with Crippen molar-refractivity contribution in [2.45, 2.75) is 19.5 Å². The van der Waals surface area contributed by atoms with E-state index in [2.05, 4.69) is 0 Å². The lowest BCUT2D eigenvalue weighted by Crippen LogP contribution is -2.16. The zero-order valence-electron chi connectivity index (χ0n) is 10.8. The highest BCUT2D eigenvalue weighted by Crippen LogP contribution is 2.32. The molecule has 1 aromatic carbocycles. The number of halogens is 3. The van der Waals surface area contributed by atoms with E-state index in [9.17, 15) is 18.0 Å². The quantitative estimate of drug-likeness (QED) is 0.663. The molecule has 0 saturated carbocycles. The highest BCUT2D eigenvalue weighted by Gasteiger charge is 2.32. The molecule has 106 valence electrons. The molecule has 3 nitrogen and oxygen atoms in total. The summed E-state index contributed by atoms with van der Waals surface area (Å²) in [6.07, 6.45) is -4.05. The topological polar surface area (TPSA) is 52.3 Å². The average Bonchev–Trinajstić information content (AvgIpc) is 2.34. The normalized spacial score (nSPS) is 13.3. The smallest absolute Gasteiger partial charge is 0.398 e. The van der Waals surface area contributed by atoms with E-state index in [1.807, 2.05) is 0 Å². The Hall–Kier alpha value is -1.56. The highest BCUT2D eigenvalue weighted by molar-refractivity contribution is 6.02. The molecule has 0 saturated heterocycles. The minimum absolute atomic E-state index is 0.0577. The van der Waals surface area contributed by atoms with E-state index in [0.29, 0.717) is 13.0 Å². The molecule has 0 fully saturated rings. The molecule has 0 aliphatic carbocycles. The van der Waals surface area contributed by atoms with Crippen LogP contribution in [0.1, 0.15) is 29.3 Å². The molecule has 19 heavy (non-hydrogen) atoms. The third kappa shape index (κ3) is 3.96. The van der Waals surface area contributed by atoms with Gasteiger partial charge in [0.1, 0.15) is 0 Å². The van der Waals surface area contributed by atoms with Crippen LogP contribution in [-0.2, 0) is 10.9 Å². The number of rotatable bonds is 5. The molecule has 0 spiro atoms. The Bertz CT molecular complexity index is 458. The van der Waals surface area contributed by atoms with E-state index in [4.69, 9.17) is 10.5 Å². The summed E-state index contributed by atoms with van der Waals surface area (Å²) in [6.45, 7) is 2.01. The van der Waals surface area contributed by atoms with Gasteiger partial charge in [-0.15, -0.1) is 0 Å². The summed E-state index contributed by atoms with van der Waals surface area (Å²) < 4.78 is 42.6. The van der Waals surface area contributed by atoms with Gasteiger partial charge in [0.2, 0.25) is 0 Å². The molecule has 0 aliphatic heterocycles. The average molecular weight is 275 g/mol. The van der Waals surface area contributed by atoms with Crippen LogP contribution in [-0.4, -0.2) is 19.5 Å². The van der Waals surface area contributed by atoms with Crippen molar-refractivity contribution in [1.29, 1.82) is 0 Å². The maximum Gasteiger partial charge on any atom is 0.416 e. The van der Waals surface area contributed by atoms with Gasteiger partial charge in [-0.3, -0.25) is 4.79 Å². The number of alkyl halides is 3. The molecule has 0 radical (unpaired) electrons. The summed E-state index contributed by atoms with van der Waals surface area (Å²) in [7, 11) is 1.50. The number of benzene rings is 1. The number of hydrogen-bond donors (Lipinski definition) is 1. The van der Waals surface area contributed by atoms with Gasteiger partial charge in [0, 0.05) is 30.9 Å². The number of methoxy groups -OCH3 is 1. The lowest BCUT2D eigenvalue weighted by molar-refractivity contribution is -0.137. The maximum atomic E-state index is 12.6. The number of ether oxygens (including phenoxy) is 1. The van der Waals surface area contributed by atoms with Crippen molar-refractivity contribution in [3.8, 4) is 0 Å². The summed E-state index contributed by atoms with van der Waals surface area (Å²) in [4.78, 5) is 12.0. The Kier molecular flexibility index (Phi) is 4.94. The van der Waals surface area contributed by atoms with Crippen molar-refractivity contribution >= 4 is 11.5 Å². The van der Waals surface area contributed by atoms with Crippen molar-refractivity contribution in [2.75, 3.05) is 19.5 Å². The van der Waals surface area contributed by atoms with E-state index in [1.165, 1.54) is 7.11 Å². The number of hydrogen-bond acceptors (Lipinski definition) is 3. The van der Waals surface area contributed by atoms with Gasteiger partial charge < -0.3 is 10.5 Å². The van der Waals surface area contributed by atoms with E-state index < -0.39 is 23.4 Å². The maximum absolute atomic E-state index is 12.6. The van der Waals surface area contributed by atoms with Crippen LogP contribution in [0.5, 0.6) is 0 Å². The van der Waals surface area contributed by atoms with Gasteiger partial charge in [-0.25, -0.2) is 0 Å². The van der Waals surface area contributed by atoms with Gasteiger partial charge >= 0.3 is 6.18 Å². The van der Waals surface area contributed by atoms with Crippen LogP contribution in [0.2, 0.25) is 0 Å². The number of nitrogen functional groups attached to an aromatic ring is 1. The van der Waals surface area contributed by atoms with Crippen molar-refractivity contribution in [1.82, 2.24) is 0 Å². The fourth-order valence-electron chi connectivity index (χ4n) is 1.64. The van der Waals surface area contributed by atoms with Crippen LogP contribution < -0.4 is 5.73 Å². The van der Waals surface area contributed by atoms with Gasteiger partial charge in [0.25, 0.3) is 0 Å². The lowest BCUT2D eigenvalue weighted by atomic mass is 9.94. The van der Waals surface area contributed by atoms with E-state index in [1.54, 1.807) is 6.92 Å². The second-order valence-corrected chi connectivity index (χ2v) is 4.35. The molecule has 0 aliphatic rings. The molecular weight excluding hydrogens is 259 g/mol. The van der Waals surface area contributed by atoms with E-state index in [0.717, 1.165) is 18.2 Å². The third-order valence-electron chi connectivity index (χ3n) is 2.85. The van der Waals surface area contributed by atoms with Crippen LogP contribution in [0, 0.1) is 5.92 Å². The molecule has 0 heterocycles.